The van der Waals surface area contributed by atoms with Gasteiger partial charge in [0.1, 0.15) is 0 Å². The summed E-state index contributed by atoms with van der Waals surface area (Å²) in [6.07, 6.45) is 8.49. The maximum absolute atomic E-state index is 5.29. The molecule has 0 unspecified atom stereocenters. The van der Waals surface area contributed by atoms with Gasteiger partial charge in [0.05, 0.1) is 34.0 Å². The lowest BCUT2D eigenvalue weighted by Crippen LogP contribution is -2.01. The van der Waals surface area contributed by atoms with E-state index in [0.29, 0.717) is 0 Å². The number of allylic oxidation sites excluding steroid dienone is 1. The van der Waals surface area contributed by atoms with Gasteiger partial charge in [-0.1, -0.05) is 146 Å². The normalized spacial score (nSPS) is 12.5. The fourth-order valence-electron chi connectivity index (χ4n) is 8.64. The van der Waals surface area contributed by atoms with Gasteiger partial charge < -0.3 is 4.57 Å². The number of benzene rings is 8. The van der Waals surface area contributed by atoms with Crippen molar-refractivity contribution in [3.63, 3.8) is 0 Å². The molecule has 3 heteroatoms. The summed E-state index contributed by atoms with van der Waals surface area (Å²) in [7, 11) is 0. The summed E-state index contributed by atoms with van der Waals surface area (Å²) in [6.45, 7) is 0. The Balaban J connectivity index is 0.909. The van der Waals surface area contributed by atoms with E-state index < -0.39 is 0 Å². The van der Waals surface area contributed by atoms with Gasteiger partial charge in [0, 0.05) is 27.4 Å². The van der Waals surface area contributed by atoms with Crippen molar-refractivity contribution in [2.75, 3.05) is 0 Å². The Hall–Kier alpha value is -7.10. The van der Waals surface area contributed by atoms with Crippen LogP contribution >= 0.6 is 0 Å². The lowest BCUT2D eigenvalue weighted by Gasteiger charge is -2.17. The zero-order valence-electron chi connectivity index (χ0n) is 30.2. The van der Waals surface area contributed by atoms with Gasteiger partial charge >= 0.3 is 0 Å². The number of para-hydroxylation sites is 2. The van der Waals surface area contributed by atoms with Crippen molar-refractivity contribution >= 4 is 49.7 Å². The largest absolute Gasteiger partial charge is 0.309 e. The molecular formula is C52H35N3. The third-order valence-electron chi connectivity index (χ3n) is 11.3. The summed E-state index contributed by atoms with van der Waals surface area (Å²) >= 11 is 0. The van der Waals surface area contributed by atoms with Crippen molar-refractivity contribution in [2.45, 2.75) is 12.8 Å². The Kier molecular flexibility index (Phi) is 7.31. The number of aromatic nitrogens is 3. The van der Waals surface area contributed by atoms with E-state index in [9.17, 15) is 0 Å². The van der Waals surface area contributed by atoms with Crippen molar-refractivity contribution in [2.24, 2.45) is 0 Å². The Labute approximate surface area is 319 Å². The van der Waals surface area contributed by atoms with Gasteiger partial charge in [0.25, 0.3) is 0 Å². The van der Waals surface area contributed by atoms with E-state index >= 15 is 0 Å². The summed E-state index contributed by atoms with van der Waals surface area (Å²) < 4.78 is 2.38. The number of nitrogens with zero attached hydrogens (tertiary/aromatic N) is 3. The summed E-state index contributed by atoms with van der Waals surface area (Å²) in [6, 6.07) is 61.3. The molecule has 10 aromatic rings. The maximum Gasteiger partial charge on any atom is 0.0968 e. The van der Waals surface area contributed by atoms with Crippen molar-refractivity contribution in [1.82, 2.24) is 14.5 Å². The van der Waals surface area contributed by atoms with E-state index in [2.05, 4.69) is 187 Å². The molecule has 0 bridgehead atoms. The molecule has 0 amide bonds. The van der Waals surface area contributed by atoms with Gasteiger partial charge in [-0.3, -0.25) is 4.98 Å². The fourth-order valence-corrected chi connectivity index (χ4v) is 8.64. The van der Waals surface area contributed by atoms with Crippen LogP contribution in [0, 0.1) is 0 Å². The predicted molar refractivity (Wildman–Crippen MR) is 230 cm³/mol. The van der Waals surface area contributed by atoms with Crippen molar-refractivity contribution < 1.29 is 0 Å². The summed E-state index contributed by atoms with van der Waals surface area (Å²) in [5.74, 6) is 0. The lowest BCUT2D eigenvalue weighted by molar-refractivity contribution is 0.994. The van der Waals surface area contributed by atoms with Gasteiger partial charge in [0.2, 0.25) is 0 Å². The molecule has 2 aromatic heterocycles. The molecule has 0 radical (unpaired) electrons. The second-order valence-electron chi connectivity index (χ2n) is 14.5. The molecule has 0 saturated carbocycles. The Morgan fingerprint density at radius 3 is 1.67 bits per heavy atom. The maximum atomic E-state index is 5.29. The van der Waals surface area contributed by atoms with Crippen LogP contribution in [0.1, 0.15) is 17.5 Å². The first-order chi connectivity index (χ1) is 27.3. The van der Waals surface area contributed by atoms with E-state index in [1.165, 1.54) is 66.1 Å². The van der Waals surface area contributed by atoms with Gasteiger partial charge in [-0.25, -0.2) is 4.98 Å². The van der Waals surface area contributed by atoms with E-state index in [4.69, 9.17) is 9.97 Å². The zero-order chi connectivity index (χ0) is 36.3. The quantitative estimate of drug-likeness (QED) is 0.167. The third-order valence-corrected chi connectivity index (χ3v) is 11.3. The van der Waals surface area contributed by atoms with Gasteiger partial charge in [-0.05, 0) is 99.1 Å². The first kappa shape index (κ1) is 31.4. The monoisotopic (exact) mass is 701 g/mol. The highest BCUT2D eigenvalue weighted by Gasteiger charge is 2.18. The average molecular weight is 702 g/mol. The molecule has 2 heterocycles. The molecule has 0 saturated heterocycles. The minimum absolute atomic E-state index is 0.898. The molecular weight excluding hydrogens is 667 g/mol. The van der Waals surface area contributed by atoms with Gasteiger partial charge in [-0.15, -0.1) is 0 Å². The zero-order valence-corrected chi connectivity index (χ0v) is 30.2. The standard InChI is InChI=1S/C52H35N3/c1-3-22-46-42(18-1)43-19-2-4-23-47(43)52-51(46)53-33-48(54-52)40-16-10-14-38(31-40)37-13-9-12-36(30-37)34-26-28-35(29-27-34)39-15-11-17-41(32-39)55-49-24-7-5-20-44(49)45-21-6-8-25-50(45)55/h1-3,5-22,24-33H,4,23H2. The van der Waals surface area contributed by atoms with Gasteiger partial charge in [0.15, 0.2) is 0 Å². The molecule has 55 heavy (non-hydrogen) atoms. The topological polar surface area (TPSA) is 30.7 Å². The smallest absolute Gasteiger partial charge is 0.0968 e. The van der Waals surface area contributed by atoms with Crippen LogP contribution in [-0.2, 0) is 6.42 Å². The molecule has 0 fully saturated rings. The first-order valence-corrected chi connectivity index (χ1v) is 19.0. The van der Waals surface area contributed by atoms with Crippen molar-refractivity contribution in [3.05, 3.63) is 193 Å². The second kappa shape index (κ2) is 12.8. The number of hydrogen-bond donors (Lipinski definition) is 0. The highest BCUT2D eigenvalue weighted by molar-refractivity contribution is 6.11. The van der Waals surface area contributed by atoms with Gasteiger partial charge in [-0.2, -0.15) is 0 Å². The third kappa shape index (κ3) is 5.27. The molecule has 8 aromatic carbocycles. The Morgan fingerprint density at radius 1 is 0.436 bits per heavy atom. The SMILES string of the molecule is C1=Cc2c(c3nc(-c4cccc(-c5cccc(-c6ccc(-c7cccc(-n8c9ccccc9c9ccccc98)c7)cc6)c5)c4)cnc3c3ccccc23)CC1. The molecule has 258 valence electrons. The van der Waals surface area contributed by atoms with Crippen LogP contribution in [0.5, 0.6) is 0 Å². The number of aryl methyl sites for hydroxylation is 1. The van der Waals surface area contributed by atoms with E-state index in [-0.39, 0.29) is 0 Å². The Bertz CT molecular complexity index is 3090. The van der Waals surface area contributed by atoms with Crippen LogP contribution in [0.2, 0.25) is 0 Å². The molecule has 3 nitrogen and oxygen atoms in total. The molecule has 0 atom stereocenters. The minimum atomic E-state index is 0.898. The molecule has 11 rings (SSSR count). The highest BCUT2D eigenvalue weighted by Crippen LogP contribution is 2.37. The van der Waals surface area contributed by atoms with Crippen molar-refractivity contribution in [3.8, 4) is 50.3 Å². The van der Waals surface area contributed by atoms with Crippen LogP contribution in [-0.4, -0.2) is 14.5 Å². The van der Waals surface area contributed by atoms with Crippen molar-refractivity contribution in [1.29, 1.82) is 0 Å². The highest BCUT2D eigenvalue weighted by atomic mass is 15.0. The summed E-state index contributed by atoms with van der Waals surface area (Å²) in [5, 5.41) is 4.96. The van der Waals surface area contributed by atoms with E-state index in [0.717, 1.165) is 51.8 Å². The summed E-state index contributed by atoms with van der Waals surface area (Å²) in [5.41, 5.74) is 17.2. The van der Waals surface area contributed by atoms with E-state index in [1.54, 1.807) is 0 Å². The van der Waals surface area contributed by atoms with Crippen LogP contribution in [0.25, 0.3) is 100 Å². The van der Waals surface area contributed by atoms with Crippen LogP contribution in [0.15, 0.2) is 182 Å². The number of hydrogen-bond acceptors (Lipinski definition) is 2. The first-order valence-electron chi connectivity index (χ1n) is 19.0. The number of rotatable bonds is 5. The average Bonchev–Trinajstić information content (AvgIpc) is 3.61. The second-order valence-corrected chi connectivity index (χ2v) is 14.5. The fraction of sp³-hybridized carbons (Fsp3) is 0.0385. The molecule has 0 aliphatic heterocycles. The Morgan fingerprint density at radius 2 is 0.982 bits per heavy atom. The molecule has 0 spiro atoms. The van der Waals surface area contributed by atoms with E-state index in [1.807, 2.05) is 6.20 Å². The molecule has 1 aliphatic rings. The number of fused-ring (bicyclic) bond motifs is 9. The minimum Gasteiger partial charge on any atom is -0.309 e. The molecule has 1 aliphatic carbocycles. The summed E-state index contributed by atoms with van der Waals surface area (Å²) in [4.78, 5) is 10.3. The van der Waals surface area contributed by atoms with Crippen LogP contribution in [0.4, 0.5) is 0 Å². The van der Waals surface area contributed by atoms with Crippen LogP contribution in [0.3, 0.4) is 0 Å². The predicted octanol–water partition coefficient (Wildman–Crippen LogP) is 13.5. The molecule has 0 N–H and O–H groups in total. The van der Waals surface area contributed by atoms with Crippen LogP contribution < -0.4 is 0 Å². The lowest BCUT2D eigenvalue weighted by atomic mass is 9.90.